The number of aromatic nitrogens is 2. The van der Waals surface area contributed by atoms with Crippen LogP contribution in [0.3, 0.4) is 0 Å². The van der Waals surface area contributed by atoms with Crippen LogP contribution >= 0.6 is 12.2 Å². The molecule has 2 aliphatic rings. The standard InChI is InChI=1S/C24H27N5O2S2/c1-33(30,31)27-18-9-11-20(12-10-18)29-23(17-13-15-28(16-17)19-6-2-3-7-19)22(26-24(29)32)21-8-4-5-14-25-21/h4-5,8-16,19,22-23,27H,2-3,6-7H2,1H3,(H,26,32)/t22-,23-/m0/s1. The molecule has 2 atom stereocenters. The summed E-state index contributed by atoms with van der Waals surface area (Å²) in [4.78, 5) is 6.71. The van der Waals surface area contributed by atoms with Crippen molar-refractivity contribution in [2.24, 2.45) is 0 Å². The largest absolute Gasteiger partial charge is 0.351 e. The molecule has 1 saturated carbocycles. The van der Waals surface area contributed by atoms with Gasteiger partial charge in [-0.15, -0.1) is 0 Å². The minimum absolute atomic E-state index is 0.0798. The number of nitrogens with one attached hydrogen (secondary N) is 2. The first-order valence-corrected chi connectivity index (χ1v) is 13.4. The smallest absolute Gasteiger partial charge is 0.229 e. The summed E-state index contributed by atoms with van der Waals surface area (Å²) in [5.74, 6) is 0. The number of hydrogen-bond donors (Lipinski definition) is 2. The summed E-state index contributed by atoms with van der Waals surface area (Å²) in [6.07, 6.45) is 12.4. The Morgan fingerprint density at radius 2 is 1.85 bits per heavy atom. The van der Waals surface area contributed by atoms with E-state index in [1.54, 1.807) is 18.3 Å². The molecule has 1 aliphatic heterocycles. The summed E-state index contributed by atoms with van der Waals surface area (Å²) < 4.78 is 28.0. The van der Waals surface area contributed by atoms with Crippen molar-refractivity contribution in [1.82, 2.24) is 14.9 Å². The molecular weight excluding hydrogens is 454 g/mol. The number of pyridine rings is 1. The van der Waals surface area contributed by atoms with Gasteiger partial charge in [0, 0.05) is 36.0 Å². The Bertz CT molecular complexity index is 1240. The van der Waals surface area contributed by atoms with Gasteiger partial charge in [0.05, 0.1) is 24.0 Å². The lowest BCUT2D eigenvalue weighted by Gasteiger charge is -2.27. The lowest BCUT2D eigenvalue weighted by Crippen LogP contribution is -2.29. The Kier molecular flexibility index (Phi) is 5.84. The average Bonchev–Trinajstić information content (AvgIpc) is 3.53. The van der Waals surface area contributed by atoms with Gasteiger partial charge < -0.3 is 14.8 Å². The molecule has 1 aromatic carbocycles. The number of rotatable bonds is 6. The molecule has 0 unspecified atom stereocenters. The summed E-state index contributed by atoms with van der Waals surface area (Å²) >= 11 is 5.78. The number of nitrogens with zero attached hydrogens (tertiary/aromatic N) is 3. The van der Waals surface area contributed by atoms with Crippen molar-refractivity contribution < 1.29 is 8.42 Å². The van der Waals surface area contributed by atoms with Gasteiger partial charge in [-0.2, -0.15) is 0 Å². The van der Waals surface area contributed by atoms with Gasteiger partial charge in [-0.1, -0.05) is 18.9 Å². The first-order valence-electron chi connectivity index (χ1n) is 11.1. The van der Waals surface area contributed by atoms with Crippen LogP contribution in [-0.4, -0.2) is 29.3 Å². The molecule has 7 nitrogen and oxygen atoms in total. The summed E-state index contributed by atoms with van der Waals surface area (Å²) in [5, 5.41) is 4.09. The summed E-state index contributed by atoms with van der Waals surface area (Å²) in [5.41, 5.74) is 3.51. The molecule has 0 amide bonds. The van der Waals surface area contributed by atoms with E-state index in [0.717, 1.165) is 17.6 Å². The third-order valence-corrected chi connectivity index (χ3v) is 7.29. The van der Waals surface area contributed by atoms with E-state index in [4.69, 9.17) is 12.2 Å². The lowest BCUT2D eigenvalue weighted by atomic mass is 9.98. The molecule has 1 saturated heterocycles. The SMILES string of the molecule is CS(=O)(=O)Nc1ccc(N2C(=S)N[C@@H](c3ccccn3)[C@@H]2c2ccn(C3CCCC3)c2)cc1. The normalized spacial score (nSPS) is 21.4. The van der Waals surface area contributed by atoms with Crippen LogP contribution in [0, 0.1) is 0 Å². The van der Waals surface area contributed by atoms with Crippen molar-refractivity contribution in [3.05, 3.63) is 78.4 Å². The highest BCUT2D eigenvalue weighted by Gasteiger charge is 2.41. The predicted octanol–water partition coefficient (Wildman–Crippen LogP) is 4.55. The fourth-order valence-electron chi connectivity index (χ4n) is 4.91. The maximum absolute atomic E-state index is 11.6. The van der Waals surface area contributed by atoms with Crippen LogP contribution in [0.15, 0.2) is 67.1 Å². The summed E-state index contributed by atoms with van der Waals surface area (Å²) in [7, 11) is -3.34. The Morgan fingerprint density at radius 3 is 2.52 bits per heavy atom. The molecule has 0 radical (unpaired) electrons. The zero-order valence-corrected chi connectivity index (χ0v) is 20.0. The van der Waals surface area contributed by atoms with E-state index in [1.807, 2.05) is 30.3 Å². The highest BCUT2D eigenvalue weighted by Crippen LogP contribution is 2.42. The number of hydrogen-bond acceptors (Lipinski definition) is 4. The Hall–Kier alpha value is -2.91. The first-order chi connectivity index (χ1) is 15.9. The molecule has 2 aromatic heterocycles. The number of benzene rings is 1. The lowest BCUT2D eigenvalue weighted by molar-refractivity contribution is 0.515. The van der Waals surface area contributed by atoms with E-state index in [-0.39, 0.29) is 12.1 Å². The van der Waals surface area contributed by atoms with Crippen molar-refractivity contribution in [1.29, 1.82) is 0 Å². The molecule has 2 N–H and O–H groups in total. The van der Waals surface area contributed by atoms with Crippen molar-refractivity contribution in [3.63, 3.8) is 0 Å². The molecule has 3 heterocycles. The van der Waals surface area contributed by atoms with Gasteiger partial charge in [0.15, 0.2) is 5.11 Å². The summed E-state index contributed by atoms with van der Waals surface area (Å²) in [6, 6.07) is 15.8. The number of thiocarbonyl (C=S) groups is 1. The Labute approximate surface area is 199 Å². The highest BCUT2D eigenvalue weighted by molar-refractivity contribution is 7.92. The van der Waals surface area contributed by atoms with Crippen molar-refractivity contribution in [2.45, 2.75) is 43.8 Å². The molecule has 3 aromatic rings. The second-order valence-corrected chi connectivity index (χ2v) is 10.9. The zero-order valence-electron chi connectivity index (χ0n) is 18.4. The van der Waals surface area contributed by atoms with Gasteiger partial charge in [0.1, 0.15) is 0 Å². The molecule has 9 heteroatoms. The molecule has 0 spiro atoms. The van der Waals surface area contributed by atoms with Crippen LogP contribution < -0.4 is 14.9 Å². The molecule has 172 valence electrons. The third kappa shape index (κ3) is 4.60. The number of sulfonamides is 1. The third-order valence-electron chi connectivity index (χ3n) is 6.37. The van der Waals surface area contributed by atoms with Crippen molar-refractivity contribution in [3.8, 4) is 0 Å². The van der Waals surface area contributed by atoms with E-state index < -0.39 is 10.0 Å². The van der Waals surface area contributed by atoms with Crippen molar-refractivity contribution >= 4 is 38.7 Å². The monoisotopic (exact) mass is 481 g/mol. The molecular formula is C24H27N5O2S2. The van der Waals surface area contributed by atoms with Gasteiger partial charge in [0.25, 0.3) is 0 Å². The van der Waals surface area contributed by atoms with Gasteiger partial charge in [0.2, 0.25) is 10.0 Å². The predicted molar refractivity (Wildman–Crippen MR) is 135 cm³/mol. The van der Waals surface area contributed by atoms with Crippen molar-refractivity contribution in [2.75, 3.05) is 15.9 Å². The van der Waals surface area contributed by atoms with Crippen LogP contribution in [0.25, 0.3) is 0 Å². The average molecular weight is 482 g/mol. The van der Waals surface area contributed by atoms with Gasteiger partial charge in [-0.25, -0.2) is 8.42 Å². The van der Waals surface area contributed by atoms with E-state index in [1.165, 1.54) is 31.2 Å². The van der Waals surface area contributed by atoms with Crippen LogP contribution in [0.4, 0.5) is 11.4 Å². The second-order valence-electron chi connectivity index (χ2n) is 8.75. The van der Waals surface area contributed by atoms with Gasteiger partial charge >= 0.3 is 0 Å². The second kappa shape index (κ2) is 8.79. The van der Waals surface area contributed by atoms with E-state index >= 15 is 0 Å². The minimum atomic E-state index is -3.34. The Morgan fingerprint density at radius 1 is 1.09 bits per heavy atom. The van der Waals surface area contributed by atoms with E-state index in [2.05, 4.69) is 42.9 Å². The van der Waals surface area contributed by atoms with Crippen LogP contribution in [-0.2, 0) is 10.0 Å². The molecule has 0 bridgehead atoms. The van der Waals surface area contributed by atoms with E-state index in [9.17, 15) is 8.42 Å². The quantitative estimate of drug-likeness (QED) is 0.503. The van der Waals surface area contributed by atoms with Crippen LogP contribution in [0.1, 0.15) is 55.1 Å². The molecule has 1 aliphatic carbocycles. The fraction of sp³-hybridized carbons (Fsp3) is 0.333. The molecule has 5 rings (SSSR count). The van der Waals surface area contributed by atoms with Crippen LogP contribution in [0.5, 0.6) is 0 Å². The molecule has 33 heavy (non-hydrogen) atoms. The minimum Gasteiger partial charge on any atom is -0.351 e. The maximum Gasteiger partial charge on any atom is 0.229 e. The topological polar surface area (TPSA) is 79.3 Å². The zero-order chi connectivity index (χ0) is 23.0. The number of anilines is 2. The van der Waals surface area contributed by atoms with E-state index in [0.29, 0.717) is 16.8 Å². The molecule has 2 fully saturated rings. The fourth-order valence-corrected chi connectivity index (χ4v) is 5.82. The highest BCUT2D eigenvalue weighted by atomic mass is 32.2. The van der Waals surface area contributed by atoms with Gasteiger partial charge in [-0.05, 0) is 73.1 Å². The summed E-state index contributed by atoms with van der Waals surface area (Å²) in [6.45, 7) is 0. The first kappa shape index (κ1) is 21.9. The van der Waals surface area contributed by atoms with Crippen LogP contribution in [0.2, 0.25) is 0 Å². The van der Waals surface area contributed by atoms with Gasteiger partial charge in [-0.3, -0.25) is 9.71 Å². The maximum atomic E-state index is 11.6. The Balaban J connectivity index is 1.52.